The Morgan fingerprint density at radius 2 is 1.83 bits per heavy atom. The van der Waals surface area contributed by atoms with Crippen molar-refractivity contribution < 1.29 is 4.79 Å². The molecule has 0 bridgehead atoms. The maximum atomic E-state index is 12.7. The molecule has 29 heavy (non-hydrogen) atoms. The van der Waals surface area contributed by atoms with Gasteiger partial charge >= 0.3 is 6.03 Å². The van der Waals surface area contributed by atoms with Crippen LogP contribution in [0.4, 0.5) is 4.79 Å². The van der Waals surface area contributed by atoms with E-state index in [4.69, 9.17) is 5.26 Å². The fraction of sp³-hybridized carbons (Fsp3) is 0.417. The fourth-order valence-electron chi connectivity index (χ4n) is 3.82. The van der Waals surface area contributed by atoms with Crippen LogP contribution in [0.2, 0.25) is 0 Å². The smallest absolute Gasteiger partial charge is 0.317 e. The molecule has 0 unspecified atom stereocenters. The van der Waals surface area contributed by atoms with Crippen molar-refractivity contribution in [2.45, 2.75) is 32.2 Å². The van der Waals surface area contributed by atoms with Crippen LogP contribution in [0.1, 0.15) is 42.4 Å². The summed E-state index contributed by atoms with van der Waals surface area (Å²) in [5.41, 5.74) is 3.17. The molecule has 0 aromatic heterocycles. The van der Waals surface area contributed by atoms with Gasteiger partial charge in [-0.15, -0.1) is 0 Å². The third-order valence-corrected chi connectivity index (χ3v) is 5.63. The van der Waals surface area contributed by atoms with E-state index in [0.717, 1.165) is 45.6 Å². The van der Waals surface area contributed by atoms with Crippen molar-refractivity contribution in [3.05, 3.63) is 71.3 Å². The van der Waals surface area contributed by atoms with Crippen LogP contribution < -0.4 is 5.32 Å². The second kappa shape index (κ2) is 10.6. The van der Waals surface area contributed by atoms with Crippen molar-refractivity contribution in [3.8, 4) is 6.07 Å². The van der Waals surface area contributed by atoms with Crippen LogP contribution in [0, 0.1) is 11.3 Å². The number of rotatable bonds is 6. The van der Waals surface area contributed by atoms with E-state index in [0.29, 0.717) is 18.0 Å². The van der Waals surface area contributed by atoms with Crippen molar-refractivity contribution in [2.75, 3.05) is 32.7 Å². The van der Waals surface area contributed by atoms with E-state index in [1.807, 2.05) is 35.2 Å². The molecule has 3 rings (SSSR count). The summed E-state index contributed by atoms with van der Waals surface area (Å²) in [6.07, 6.45) is 1.97. The first-order chi connectivity index (χ1) is 14.2. The third-order valence-electron chi connectivity index (χ3n) is 5.63. The van der Waals surface area contributed by atoms with Gasteiger partial charge in [0.2, 0.25) is 0 Å². The average Bonchev–Trinajstić information content (AvgIpc) is 3.01. The van der Waals surface area contributed by atoms with E-state index in [1.54, 1.807) is 0 Å². The minimum atomic E-state index is 0.0413. The molecule has 1 heterocycles. The summed E-state index contributed by atoms with van der Waals surface area (Å²) in [5, 5.41) is 12.1. The molecule has 0 radical (unpaired) electrons. The molecule has 0 saturated carbocycles. The number of amides is 2. The van der Waals surface area contributed by atoms with Gasteiger partial charge in [-0.3, -0.25) is 4.90 Å². The minimum Gasteiger partial charge on any atom is -0.337 e. The molecule has 0 spiro atoms. The summed E-state index contributed by atoms with van der Waals surface area (Å²) in [6, 6.07) is 20.4. The Labute approximate surface area is 173 Å². The normalized spacial score (nSPS) is 15.9. The largest absolute Gasteiger partial charge is 0.337 e. The highest BCUT2D eigenvalue weighted by atomic mass is 16.2. The second-order valence-electron chi connectivity index (χ2n) is 7.63. The first kappa shape index (κ1) is 20.9. The summed E-state index contributed by atoms with van der Waals surface area (Å²) < 4.78 is 0. The molecule has 1 fully saturated rings. The highest BCUT2D eigenvalue weighted by Crippen LogP contribution is 2.18. The number of carbonyl (C=O) groups is 1. The lowest BCUT2D eigenvalue weighted by atomic mass is 9.97. The van der Waals surface area contributed by atoms with E-state index < -0.39 is 0 Å². The zero-order chi connectivity index (χ0) is 20.5. The van der Waals surface area contributed by atoms with Crippen molar-refractivity contribution in [1.29, 1.82) is 5.26 Å². The number of benzene rings is 2. The SMILES string of the molecule is CC[C@@H](CNC(=O)N1CCCN(Cc2ccc(C#N)cc2)CC1)c1ccccc1. The van der Waals surface area contributed by atoms with Crippen LogP contribution in [-0.4, -0.2) is 48.6 Å². The fourth-order valence-corrected chi connectivity index (χ4v) is 3.82. The minimum absolute atomic E-state index is 0.0413. The van der Waals surface area contributed by atoms with Crippen LogP contribution in [-0.2, 0) is 6.54 Å². The highest BCUT2D eigenvalue weighted by Gasteiger charge is 2.20. The molecule has 1 atom stereocenters. The number of hydrogen-bond donors (Lipinski definition) is 1. The highest BCUT2D eigenvalue weighted by molar-refractivity contribution is 5.74. The quantitative estimate of drug-likeness (QED) is 0.812. The summed E-state index contributed by atoms with van der Waals surface area (Å²) in [4.78, 5) is 17.0. The Kier molecular flexibility index (Phi) is 7.66. The molecule has 2 aromatic carbocycles. The van der Waals surface area contributed by atoms with Gasteiger partial charge in [0.05, 0.1) is 11.6 Å². The van der Waals surface area contributed by atoms with Crippen LogP contribution in [0.15, 0.2) is 54.6 Å². The standard InChI is InChI=1S/C24H30N4O/c1-2-22(23-7-4-3-5-8-23)18-26-24(29)28-14-6-13-27(15-16-28)19-21-11-9-20(17-25)10-12-21/h3-5,7-12,22H,2,6,13-16,18-19H2,1H3,(H,26,29)/t22-/m0/s1. The van der Waals surface area contributed by atoms with E-state index >= 15 is 0 Å². The maximum absolute atomic E-state index is 12.7. The predicted molar refractivity (Wildman–Crippen MR) is 115 cm³/mol. The first-order valence-electron chi connectivity index (χ1n) is 10.5. The molecule has 1 aliphatic heterocycles. The van der Waals surface area contributed by atoms with Crippen molar-refractivity contribution >= 4 is 6.03 Å². The number of nitrogens with one attached hydrogen (secondary N) is 1. The van der Waals surface area contributed by atoms with Crippen LogP contribution in [0.5, 0.6) is 0 Å². The molecule has 0 aliphatic carbocycles. The second-order valence-corrected chi connectivity index (χ2v) is 7.63. The summed E-state index contributed by atoms with van der Waals surface area (Å²) in [7, 11) is 0. The van der Waals surface area contributed by atoms with E-state index in [1.165, 1.54) is 11.1 Å². The summed E-state index contributed by atoms with van der Waals surface area (Å²) in [6.45, 7) is 7.06. The number of nitrogens with zero attached hydrogens (tertiary/aromatic N) is 3. The van der Waals surface area contributed by atoms with Gasteiger partial charge in [0.1, 0.15) is 0 Å². The van der Waals surface area contributed by atoms with E-state index in [-0.39, 0.29) is 6.03 Å². The molecule has 5 heteroatoms. The molecule has 1 N–H and O–H groups in total. The maximum Gasteiger partial charge on any atom is 0.317 e. The Morgan fingerprint density at radius 1 is 1.07 bits per heavy atom. The van der Waals surface area contributed by atoms with Gasteiger partial charge < -0.3 is 10.2 Å². The van der Waals surface area contributed by atoms with Crippen LogP contribution in [0.3, 0.4) is 0 Å². The molecule has 5 nitrogen and oxygen atoms in total. The molecular weight excluding hydrogens is 360 g/mol. The Bertz CT molecular complexity index is 813. The van der Waals surface area contributed by atoms with Gasteiger partial charge in [0, 0.05) is 45.2 Å². The Morgan fingerprint density at radius 3 is 2.52 bits per heavy atom. The Hall–Kier alpha value is -2.84. The number of hydrogen-bond acceptors (Lipinski definition) is 3. The number of nitriles is 1. The topological polar surface area (TPSA) is 59.4 Å². The van der Waals surface area contributed by atoms with E-state index in [2.05, 4.69) is 47.5 Å². The van der Waals surface area contributed by atoms with E-state index in [9.17, 15) is 4.79 Å². The molecular formula is C24H30N4O. The zero-order valence-electron chi connectivity index (χ0n) is 17.2. The lowest BCUT2D eigenvalue weighted by molar-refractivity contribution is 0.197. The predicted octanol–water partition coefficient (Wildman–Crippen LogP) is 3.97. The molecule has 152 valence electrons. The van der Waals surface area contributed by atoms with Gasteiger partial charge in [-0.1, -0.05) is 49.4 Å². The van der Waals surface area contributed by atoms with Gasteiger partial charge in [0.25, 0.3) is 0 Å². The van der Waals surface area contributed by atoms with Crippen molar-refractivity contribution in [1.82, 2.24) is 15.1 Å². The van der Waals surface area contributed by atoms with Crippen molar-refractivity contribution in [3.63, 3.8) is 0 Å². The molecule has 2 amide bonds. The van der Waals surface area contributed by atoms with Gasteiger partial charge in [-0.05, 0) is 36.1 Å². The molecule has 1 aliphatic rings. The number of carbonyl (C=O) groups excluding carboxylic acids is 1. The summed E-state index contributed by atoms with van der Waals surface area (Å²) in [5.74, 6) is 0.347. The average molecular weight is 391 g/mol. The monoisotopic (exact) mass is 390 g/mol. The van der Waals surface area contributed by atoms with Gasteiger partial charge in [-0.2, -0.15) is 5.26 Å². The lowest BCUT2D eigenvalue weighted by Crippen LogP contribution is -2.43. The van der Waals surface area contributed by atoms with Crippen molar-refractivity contribution in [2.24, 2.45) is 0 Å². The van der Waals surface area contributed by atoms with Gasteiger partial charge in [-0.25, -0.2) is 4.79 Å². The lowest BCUT2D eigenvalue weighted by Gasteiger charge is -2.24. The van der Waals surface area contributed by atoms with Crippen LogP contribution in [0.25, 0.3) is 0 Å². The zero-order valence-corrected chi connectivity index (χ0v) is 17.2. The number of urea groups is 1. The summed E-state index contributed by atoms with van der Waals surface area (Å²) >= 11 is 0. The molecule has 1 saturated heterocycles. The Balaban J connectivity index is 1.48. The third kappa shape index (κ3) is 6.07. The molecule has 2 aromatic rings. The van der Waals surface area contributed by atoms with Gasteiger partial charge in [0.15, 0.2) is 0 Å². The first-order valence-corrected chi connectivity index (χ1v) is 10.5. The van der Waals surface area contributed by atoms with Crippen LogP contribution >= 0.6 is 0 Å².